The standard InChI is InChI=1S/C23H42N4O3.HI/c1-7-24-23(26-18-21(29-8-2)12-13-27(4)5)25-17-20-11-10-19(3)16-22(20)30-15-9-14-28-6;/h10-11,16,21H,7-9,12-15,17-18H2,1-6H3,(H2,24,25,26);1H. The molecule has 0 spiro atoms. The van der Waals surface area contributed by atoms with Crippen molar-refractivity contribution in [3.63, 3.8) is 0 Å². The van der Waals surface area contributed by atoms with Gasteiger partial charge in [-0.15, -0.1) is 24.0 Å². The topological polar surface area (TPSA) is 67.4 Å². The van der Waals surface area contributed by atoms with E-state index < -0.39 is 0 Å². The molecule has 180 valence electrons. The van der Waals surface area contributed by atoms with Gasteiger partial charge in [0.2, 0.25) is 0 Å². The van der Waals surface area contributed by atoms with Gasteiger partial charge in [-0.1, -0.05) is 12.1 Å². The minimum absolute atomic E-state index is 0. The molecule has 0 saturated heterocycles. The largest absolute Gasteiger partial charge is 0.493 e. The molecule has 1 rings (SSSR count). The summed E-state index contributed by atoms with van der Waals surface area (Å²) in [6.07, 6.45) is 1.99. The Morgan fingerprint density at radius 2 is 1.94 bits per heavy atom. The predicted molar refractivity (Wildman–Crippen MR) is 140 cm³/mol. The average molecular weight is 551 g/mol. The number of ether oxygens (including phenoxy) is 3. The molecule has 8 heteroatoms. The van der Waals surface area contributed by atoms with Crippen molar-refractivity contribution in [2.24, 2.45) is 4.99 Å². The zero-order valence-electron chi connectivity index (χ0n) is 20.2. The number of guanidine groups is 1. The van der Waals surface area contributed by atoms with Crippen LogP contribution in [0.2, 0.25) is 0 Å². The molecular formula is C23H43IN4O3. The van der Waals surface area contributed by atoms with Crippen molar-refractivity contribution in [1.29, 1.82) is 0 Å². The minimum Gasteiger partial charge on any atom is -0.493 e. The maximum atomic E-state index is 5.98. The normalized spacial score (nSPS) is 12.4. The number of aliphatic imine (C=N–C) groups is 1. The molecule has 0 aliphatic carbocycles. The first-order chi connectivity index (χ1) is 14.5. The Balaban J connectivity index is 0.00000900. The molecular weight excluding hydrogens is 507 g/mol. The van der Waals surface area contributed by atoms with Crippen molar-refractivity contribution in [2.45, 2.75) is 46.3 Å². The number of hydrogen-bond acceptors (Lipinski definition) is 5. The lowest BCUT2D eigenvalue weighted by Gasteiger charge is -2.21. The molecule has 31 heavy (non-hydrogen) atoms. The highest BCUT2D eigenvalue weighted by Gasteiger charge is 2.11. The summed E-state index contributed by atoms with van der Waals surface area (Å²) in [6.45, 7) is 11.3. The lowest BCUT2D eigenvalue weighted by Crippen LogP contribution is -2.42. The van der Waals surface area contributed by atoms with Gasteiger partial charge in [-0.05, 0) is 52.9 Å². The molecule has 0 aliphatic heterocycles. The van der Waals surface area contributed by atoms with Gasteiger partial charge in [0.05, 0.1) is 19.3 Å². The summed E-state index contributed by atoms with van der Waals surface area (Å²) < 4.78 is 17.0. The zero-order chi connectivity index (χ0) is 22.2. The van der Waals surface area contributed by atoms with Crippen molar-refractivity contribution in [1.82, 2.24) is 15.5 Å². The fraction of sp³-hybridized carbons (Fsp3) is 0.696. The second-order valence-corrected chi connectivity index (χ2v) is 7.55. The van der Waals surface area contributed by atoms with Gasteiger partial charge >= 0.3 is 0 Å². The highest BCUT2D eigenvalue weighted by atomic mass is 127. The molecule has 1 aromatic carbocycles. The molecule has 0 aromatic heterocycles. The molecule has 1 unspecified atom stereocenters. The second kappa shape index (κ2) is 18.5. The molecule has 0 radical (unpaired) electrons. The minimum atomic E-state index is 0. The van der Waals surface area contributed by atoms with Crippen molar-refractivity contribution in [3.05, 3.63) is 29.3 Å². The van der Waals surface area contributed by atoms with E-state index in [0.29, 0.717) is 26.4 Å². The van der Waals surface area contributed by atoms with Crippen molar-refractivity contribution in [3.8, 4) is 5.75 Å². The Hall–Kier alpha value is -1.10. The van der Waals surface area contributed by atoms with Gasteiger partial charge < -0.3 is 29.7 Å². The third kappa shape index (κ3) is 13.8. The predicted octanol–water partition coefficient (Wildman–Crippen LogP) is 3.44. The first-order valence-corrected chi connectivity index (χ1v) is 11.0. The van der Waals surface area contributed by atoms with E-state index in [1.165, 1.54) is 5.56 Å². The summed E-state index contributed by atoms with van der Waals surface area (Å²) in [6, 6.07) is 6.26. The highest BCUT2D eigenvalue weighted by Crippen LogP contribution is 2.21. The number of benzene rings is 1. The molecule has 7 nitrogen and oxygen atoms in total. The van der Waals surface area contributed by atoms with Gasteiger partial charge in [0, 0.05) is 51.9 Å². The van der Waals surface area contributed by atoms with Gasteiger partial charge in [0.15, 0.2) is 5.96 Å². The van der Waals surface area contributed by atoms with Crippen LogP contribution >= 0.6 is 24.0 Å². The van der Waals surface area contributed by atoms with E-state index in [1.807, 2.05) is 6.92 Å². The van der Waals surface area contributed by atoms with Crippen molar-refractivity contribution in [2.75, 3.05) is 60.7 Å². The van der Waals surface area contributed by atoms with Crippen LogP contribution < -0.4 is 15.4 Å². The Morgan fingerprint density at radius 1 is 1.16 bits per heavy atom. The zero-order valence-corrected chi connectivity index (χ0v) is 22.5. The van der Waals surface area contributed by atoms with Gasteiger partial charge in [-0.2, -0.15) is 0 Å². The molecule has 0 amide bonds. The Morgan fingerprint density at radius 3 is 2.58 bits per heavy atom. The van der Waals surface area contributed by atoms with Crippen LogP contribution in [0.5, 0.6) is 5.75 Å². The lowest BCUT2D eigenvalue weighted by atomic mass is 10.1. The fourth-order valence-corrected chi connectivity index (χ4v) is 2.91. The SMILES string of the molecule is CCNC(=NCc1ccc(C)cc1OCCCOC)NCC(CCN(C)C)OCC.I. The van der Waals surface area contributed by atoms with Crippen LogP contribution in [0.4, 0.5) is 0 Å². The van der Waals surface area contributed by atoms with E-state index in [1.54, 1.807) is 7.11 Å². The summed E-state index contributed by atoms with van der Waals surface area (Å²) in [5, 5.41) is 6.75. The summed E-state index contributed by atoms with van der Waals surface area (Å²) in [4.78, 5) is 6.95. The molecule has 0 bridgehead atoms. The number of methoxy groups -OCH3 is 1. The van der Waals surface area contributed by atoms with Crippen molar-refractivity contribution >= 4 is 29.9 Å². The molecule has 2 N–H and O–H groups in total. The highest BCUT2D eigenvalue weighted by molar-refractivity contribution is 14.0. The maximum absolute atomic E-state index is 5.98. The van der Waals surface area contributed by atoms with Crippen LogP contribution in [0.1, 0.15) is 37.8 Å². The Labute approximate surface area is 206 Å². The third-order valence-electron chi connectivity index (χ3n) is 4.52. The molecule has 0 aliphatic rings. The Kier molecular flexibility index (Phi) is 17.8. The van der Waals surface area contributed by atoms with Crippen LogP contribution in [-0.4, -0.2) is 77.6 Å². The summed E-state index contributed by atoms with van der Waals surface area (Å²) in [7, 11) is 5.87. The van der Waals surface area contributed by atoms with Crippen molar-refractivity contribution < 1.29 is 14.2 Å². The Bertz CT molecular complexity index is 614. The first-order valence-electron chi connectivity index (χ1n) is 11.0. The average Bonchev–Trinajstić information content (AvgIpc) is 2.72. The number of rotatable bonds is 15. The molecule has 0 heterocycles. The third-order valence-corrected chi connectivity index (χ3v) is 4.52. The molecule has 1 aromatic rings. The van der Waals surface area contributed by atoms with Crippen LogP contribution in [0.15, 0.2) is 23.2 Å². The number of halogens is 1. The monoisotopic (exact) mass is 550 g/mol. The van der Waals surface area contributed by atoms with E-state index in [9.17, 15) is 0 Å². The fourth-order valence-electron chi connectivity index (χ4n) is 2.91. The lowest BCUT2D eigenvalue weighted by molar-refractivity contribution is 0.0548. The first kappa shape index (κ1) is 29.9. The molecule has 1 atom stereocenters. The van der Waals surface area contributed by atoms with E-state index in [4.69, 9.17) is 19.2 Å². The van der Waals surface area contributed by atoms with Crippen LogP contribution in [0.3, 0.4) is 0 Å². The number of aryl methyl sites for hydroxylation is 1. The summed E-state index contributed by atoms with van der Waals surface area (Å²) >= 11 is 0. The van der Waals surface area contributed by atoms with Crippen LogP contribution in [0, 0.1) is 6.92 Å². The quantitative estimate of drug-likeness (QED) is 0.151. The summed E-state index contributed by atoms with van der Waals surface area (Å²) in [5.41, 5.74) is 2.25. The van der Waals surface area contributed by atoms with Gasteiger partial charge in [0.1, 0.15) is 5.75 Å². The number of hydrogen-bond donors (Lipinski definition) is 2. The summed E-state index contributed by atoms with van der Waals surface area (Å²) in [5.74, 6) is 1.68. The van der Waals surface area contributed by atoms with Crippen LogP contribution in [0.25, 0.3) is 0 Å². The number of nitrogens with one attached hydrogen (secondary N) is 2. The van der Waals surface area contributed by atoms with E-state index in [2.05, 4.69) is 61.7 Å². The maximum Gasteiger partial charge on any atom is 0.191 e. The van der Waals surface area contributed by atoms with E-state index >= 15 is 0 Å². The number of nitrogens with zero attached hydrogens (tertiary/aromatic N) is 2. The van der Waals surface area contributed by atoms with Gasteiger partial charge in [0.25, 0.3) is 0 Å². The van der Waals surface area contributed by atoms with Gasteiger partial charge in [-0.25, -0.2) is 4.99 Å². The second-order valence-electron chi connectivity index (χ2n) is 7.55. The molecule has 0 fully saturated rings. The van der Waals surface area contributed by atoms with Gasteiger partial charge in [-0.3, -0.25) is 0 Å². The van der Waals surface area contributed by atoms with E-state index in [0.717, 1.165) is 49.7 Å². The van der Waals surface area contributed by atoms with Crippen LogP contribution in [-0.2, 0) is 16.0 Å². The molecule has 0 saturated carbocycles. The van der Waals surface area contributed by atoms with E-state index in [-0.39, 0.29) is 30.1 Å². The smallest absolute Gasteiger partial charge is 0.191 e.